The second-order valence-electron chi connectivity index (χ2n) is 10.9. The van der Waals surface area contributed by atoms with Gasteiger partial charge in [-0.3, -0.25) is 14.5 Å². The van der Waals surface area contributed by atoms with Crippen molar-refractivity contribution in [1.82, 2.24) is 9.80 Å². The Labute approximate surface area is 169 Å². The third-order valence-corrected chi connectivity index (χ3v) is 9.65. The van der Waals surface area contributed by atoms with Gasteiger partial charge >= 0.3 is 0 Å². The molecule has 0 unspecified atom stereocenters. The van der Waals surface area contributed by atoms with Gasteiger partial charge in [-0.1, -0.05) is 25.5 Å². The Morgan fingerprint density at radius 1 is 1.00 bits per heavy atom. The fourth-order valence-corrected chi connectivity index (χ4v) is 7.71. The van der Waals surface area contributed by atoms with E-state index in [1.807, 2.05) is 0 Å². The van der Waals surface area contributed by atoms with Gasteiger partial charge in [-0.15, -0.1) is 0 Å². The van der Waals surface area contributed by atoms with E-state index in [0.717, 1.165) is 58.3 Å². The Hall–Kier alpha value is -1.00. The minimum atomic E-state index is -0.124. The largest absolute Gasteiger partial charge is 0.304 e. The lowest BCUT2D eigenvalue weighted by atomic mass is 9.48. The van der Waals surface area contributed by atoms with Gasteiger partial charge < -0.3 is 4.90 Å². The minimum Gasteiger partial charge on any atom is -0.304 e. The molecule has 0 bridgehead atoms. The average Bonchev–Trinajstić information content (AvgIpc) is 2.94. The van der Waals surface area contributed by atoms with E-state index in [2.05, 4.69) is 36.8 Å². The summed E-state index contributed by atoms with van der Waals surface area (Å²) in [5.41, 5.74) is 1.50. The van der Waals surface area contributed by atoms with Crippen LogP contribution in [0.2, 0.25) is 0 Å². The highest BCUT2D eigenvalue weighted by atomic mass is 16.1. The summed E-state index contributed by atoms with van der Waals surface area (Å²) in [5.74, 6) is 2.78. The van der Waals surface area contributed by atoms with Crippen LogP contribution in [0.5, 0.6) is 0 Å². The van der Waals surface area contributed by atoms with E-state index in [0.29, 0.717) is 35.7 Å². The molecule has 0 amide bonds. The summed E-state index contributed by atoms with van der Waals surface area (Å²) in [7, 11) is 2.18. The maximum atomic E-state index is 13.6. The van der Waals surface area contributed by atoms with Crippen molar-refractivity contribution in [2.24, 2.45) is 28.6 Å². The number of likely N-dealkylation sites (N-methyl/N-ethyl adjacent to an activating group) is 1. The highest BCUT2D eigenvalue weighted by Gasteiger charge is 2.61. The number of piperazine rings is 1. The van der Waals surface area contributed by atoms with Crippen molar-refractivity contribution >= 4 is 11.6 Å². The second kappa shape index (κ2) is 6.50. The molecule has 5 rings (SSSR count). The molecule has 6 atom stereocenters. The van der Waals surface area contributed by atoms with E-state index >= 15 is 0 Å². The van der Waals surface area contributed by atoms with Gasteiger partial charge in [0, 0.05) is 44.4 Å². The molecule has 0 spiro atoms. The van der Waals surface area contributed by atoms with Crippen LogP contribution in [-0.2, 0) is 9.59 Å². The minimum absolute atomic E-state index is 0.124. The van der Waals surface area contributed by atoms with E-state index in [1.165, 1.54) is 12.0 Å². The van der Waals surface area contributed by atoms with Gasteiger partial charge in [0.2, 0.25) is 0 Å². The Balaban J connectivity index is 1.42. The predicted molar refractivity (Wildman–Crippen MR) is 110 cm³/mol. The zero-order valence-corrected chi connectivity index (χ0v) is 17.9. The second-order valence-corrected chi connectivity index (χ2v) is 10.9. The van der Waals surface area contributed by atoms with Gasteiger partial charge in [0.25, 0.3) is 0 Å². The van der Waals surface area contributed by atoms with Crippen LogP contribution in [0.25, 0.3) is 0 Å². The molecule has 3 saturated carbocycles. The molecule has 1 aliphatic heterocycles. The molecule has 0 aromatic rings. The quantitative estimate of drug-likeness (QED) is 0.651. The van der Waals surface area contributed by atoms with Crippen molar-refractivity contribution in [3.8, 4) is 0 Å². The standard InChI is InChI=1S/C24H36N2O2/c1-23-8-6-17(27)14-16(23)4-5-18-19(23)7-9-24(2)20(18)15-21(22(24)28)26-12-10-25(3)11-13-26/h4,18-21H,5-15H2,1-3H3/t18-,19+,20+,21+,23+,24+/m1/s1. The number of nitrogens with zero attached hydrogens (tertiary/aromatic N) is 2. The number of hydrogen-bond donors (Lipinski definition) is 0. The summed E-state index contributed by atoms with van der Waals surface area (Å²) in [6, 6.07) is 0.147. The maximum absolute atomic E-state index is 13.6. The fourth-order valence-electron chi connectivity index (χ4n) is 7.71. The Morgan fingerprint density at radius 3 is 2.50 bits per heavy atom. The third kappa shape index (κ3) is 2.63. The highest BCUT2D eigenvalue weighted by Crippen LogP contribution is 2.64. The number of carbonyl (C=O) groups is 2. The van der Waals surface area contributed by atoms with E-state index in [9.17, 15) is 9.59 Å². The molecule has 4 aliphatic carbocycles. The van der Waals surface area contributed by atoms with E-state index < -0.39 is 0 Å². The molecule has 0 N–H and O–H groups in total. The lowest BCUT2D eigenvalue weighted by Gasteiger charge is -2.56. The van der Waals surface area contributed by atoms with Gasteiger partial charge in [-0.05, 0) is 62.3 Å². The van der Waals surface area contributed by atoms with Crippen LogP contribution in [0, 0.1) is 28.6 Å². The smallest absolute Gasteiger partial charge is 0.156 e. The summed E-state index contributed by atoms with van der Waals surface area (Å²) in [6.45, 7) is 8.95. The molecule has 5 aliphatic rings. The van der Waals surface area contributed by atoms with Crippen molar-refractivity contribution in [3.05, 3.63) is 11.6 Å². The number of hydrogen-bond acceptors (Lipinski definition) is 4. The summed E-state index contributed by atoms with van der Waals surface area (Å²) in [6.07, 6.45) is 9.26. The molecule has 154 valence electrons. The van der Waals surface area contributed by atoms with Gasteiger partial charge in [-0.25, -0.2) is 0 Å². The molecule has 4 nitrogen and oxygen atoms in total. The van der Waals surface area contributed by atoms with E-state index in [-0.39, 0.29) is 16.9 Å². The molecule has 0 radical (unpaired) electrons. The lowest BCUT2D eigenvalue weighted by molar-refractivity contribution is -0.135. The molecule has 28 heavy (non-hydrogen) atoms. The number of allylic oxidation sites excluding steroid dienone is 2. The van der Waals surface area contributed by atoms with E-state index in [4.69, 9.17) is 0 Å². The number of fused-ring (bicyclic) bond motifs is 5. The van der Waals surface area contributed by atoms with E-state index in [1.54, 1.807) is 0 Å². The van der Waals surface area contributed by atoms with Crippen molar-refractivity contribution in [2.45, 2.75) is 64.8 Å². The number of ketones is 2. The van der Waals surface area contributed by atoms with Crippen LogP contribution in [0.3, 0.4) is 0 Å². The first kappa shape index (κ1) is 19.0. The first-order valence-electron chi connectivity index (χ1n) is 11.5. The van der Waals surface area contributed by atoms with Crippen LogP contribution >= 0.6 is 0 Å². The first-order valence-corrected chi connectivity index (χ1v) is 11.5. The molecule has 0 aromatic heterocycles. The predicted octanol–water partition coefficient (Wildman–Crippen LogP) is 3.31. The topological polar surface area (TPSA) is 40.6 Å². The first-order chi connectivity index (χ1) is 13.3. The molecule has 4 fully saturated rings. The van der Waals surface area contributed by atoms with Gasteiger partial charge in [0.1, 0.15) is 5.78 Å². The Kier molecular flexibility index (Phi) is 4.41. The fraction of sp³-hybridized carbons (Fsp3) is 0.833. The zero-order chi connectivity index (χ0) is 19.7. The monoisotopic (exact) mass is 384 g/mol. The normalized spacial score (nSPS) is 47.3. The third-order valence-electron chi connectivity index (χ3n) is 9.65. The van der Waals surface area contributed by atoms with Gasteiger partial charge in [-0.2, -0.15) is 0 Å². The molecule has 4 heteroatoms. The maximum Gasteiger partial charge on any atom is 0.156 e. The summed E-state index contributed by atoms with van der Waals surface area (Å²) >= 11 is 0. The highest BCUT2D eigenvalue weighted by molar-refractivity contribution is 5.92. The summed E-state index contributed by atoms with van der Waals surface area (Å²) in [4.78, 5) is 30.5. The van der Waals surface area contributed by atoms with Crippen LogP contribution in [0.15, 0.2) is 11.6 Å². The zero-order valence-electron chi connectivity index (χ0n) is 17.9. The van der Waals surface area contributed by atoms with Crippen LogP contribution in [-0.4, -0.2) is 60.6 Å². The van der Waals surface area contributed by atoms with Crippen molar-refractivity contribution in [1.29, 1.82) is 0 Å². The van der Waals surface area contributed by atoms with Crippen LogP contribution in [0.1, 0.15) is 58.8 Å². The number of carbonyl (C=O) groups excluding carboxylic acids is 2. The summed E-state index contributed by atoms with van der Waals surface area (Å²) in [5, 5.41) is 0. The average molecular weight is 385 g/mol. The van der Waals surface area contributed by atoms with Crippen molar-refractivity contribution in [2.75, 3.05) is 33.2 Å². The van der Waals surface area contributed by atoms with Crippen LogP contribution < -0.4 is 0 Å². The molecule has 1 heterocycles. The SMILES string of the molecule is CN1CCN([C@H]2C[C@H]3[C@@H]4CC=C5CC(=O)CC[C@]5(C)[C@H]4CC[C@]3(C)C2=O)CC1. The van der Waals surface area contributed by atoms with Crippen molar-refractivity contribution < 1.29 is 9.59 Å². The summed E-state index contributed by atoms with van der Waals surface area (Å²) < 4.78 is 0. The van der Waals surface area contributed by atoms with Crippen LogP contribution in [0.4, 0.5) is 0 Å². The molecular formula is C24H36N2O2. The number of rotatable bonds is 1. The molecule has 1 saturated heterocycles. The lowest BCUT2D eigenvalue weighted by Crippen LogP contribution is -2.52. The van der Waals surface area contributed by atoms with Crippen molar-refractivity contribution in [3.63, 3.8) is 0 Å². The Bertz CT molecular complexity index is 722. The number of Topliss-reactive ketones (excluding diaryl/α,β-unsaturated/α-hetero) is 2. The van der Waals surface area contributed by atoms with Gasteiger partial charge in [0.05, 0.1) is 6.04 Å². The molecule has 0 aromatic carbocycles. The Morgan fingerprint density at radius 2 is 1.75 bits per heavy atom. The van der Waals surface area contributed by atoms with Gasteiger partial charge in [0.15, 0.2) is 5.78 Å². The molecular weight excluding hydrogens is 348 g/mol.